The molecule has 0 saturated heterocycles. The van der Waals surface area contributed by atoms with Gasteiger partial charge in [-0.05, 0) is 18.6 Å². The Hall–Kier alpha value is -2.18. The average molecular weight is 255 g/mol. The smallest absolute Gasteiger partial charge is 0.303 e. The molecule has 4 nitrogen and oxygen atoms in total. The number of alkyl halides is 3. The Morgan fingerprint density at radius 1 is 1.22 bits per heavy atom. The molecule has 7 heteroatoms. The molecule has 0 aliphatic heterocycles. The van der Waals surface area contributed by atoms with E-state index in [9.17, 15) is 18.0 Å². The second kappa shape index (κ2) is 4.25. The van der Waals surface area contributed by atoms with E-state index in [0.29, 0.717) is 5.56 Å². The summed E-state index contributed by atoms with van der Waals surface area (Å²) in [6.45, 7) is 1.74. The van der Waals surface area contributed by atoms with Crippen molar-refractivity contribution < 1.29 is 13.2 Å². The van der Waals surface area contributed by atoms with E-state index in [1.54, 1.807) is 24.2 Å². The number of hydrogen-bond acceptors (Lipinski definition) is 3. The van der Waals surface area contributed by atoms with Gasteiger partial charge in [0, 0.05) is 24.0 Å². The van der Waals surface area contributed by atoms with Crippen molar-refractivity contribution in [3.63, 3.8) is 0 Å². The molecular formula is C11H8F3N3O. The van der Waals surface area contributed by atoms with Crippen LogP contribution in [0.1, 0.15) is 11.4 Å². The largest absolute Gasteiger partial charge is 0.449 e. The molecule has 2 rings (SSSR count). The fourth-order valence-electron chi connectivity index (χ4n) is 1.43. The van der Waals surface area contributed by atoms with Gasteiger partial charge in [-0.15, -0.1) is 0 Å². The number of nitrogens with zero attached hydrogens (tertiary/aromatic N) is 2. The average Bonchev–Trinajstić information content (AvgIpc) is 2.27. The first kappa shape index (κ1) is 12.3. The van der Waals surface area contributed by atoms with Crippen LogP contribution < -0.4 is 5.56 Å². The summed E-state index contributed by atoms with van der Waals surface area (Å²) in [6, 6.07) is 2.61. The standard InChI is InChI=1S/C11H8F3N3O/c1-6-2-7(5-15-4-6)8-3-9(18)17-10(16-8)11(12,13)14/h2-5H,1H3,(H,16,17,18). The molecule has 0 saturated carbocycles. The Morgan fingerprint density at radius 3 is 2.56 bits per heavy atom. The van der Waals surface area contributed by atoms with E-state index in [1.807, 2.05) is 0 Å². The van der Waals surface area contributed by atoms with E-state index in [2.05, 4.69) is 9.97 Å². The molecule has 2 heterocycles. The van der Waals surface area contributed by atoms with Gasteiger partial charge in [0.25, 0.3) is 5.56 Å². The molecule has 18 heavy (non-hydrogen) atoms. The van der Waals surface area contributed by atoms with Gasteiger partial charge in [-0.3, -0.25) is 9.78 Å². The second-order valence-corrected chi connectivity index (χ2v) is 3.73. The summed E-state index contributed by atoms with van der Waals surface area (Å²) in [4.78, 5) is 20.1. The second-order valence-electron chi connectivity index (χ2n) is 3.73. The minimum Gasteiger partial charge on any atom is -0.303 e. The molecule has 0 radical (unpaired) electrons. The van der Waals surface area contributed by atoms with Gasteiger partial charge in [-0.1, -0.05) is 0 Å². The summed E-state index contributed by atoms with van der Waals surface area (Å²) in [5.41, 5.74) is 0.228. The van der Waals surface area contributed by atoms with Gasteiger partial charge in [0.1, 0.15) is 0 Å². The van der Waals surface area contributed by atoms with Crippen LogP contribution in [-0.2, 0) is 6.18 Å². The number of aromatic nitrogens is 3. The highest BCUT2D eigenvalue weighted by atomic mass is 19.4. The summed E-state index contributed by atoms with van der Waals surface area (Å²) in [5, 5.41) is 0. The molecular weight excluding hydrogens is 247 g/mol. The third kappa shape index (κ3) is 2.55. The normalized spacial score (nSPS) is 11.6. The van der Waals surface area contributed by atoms with Crippen LogP contribution in [0.5, 0.6) is 0 Å². The number of nitrogens with one attached hydrogen (secondary N) is 1. The molecule has 0 bridgehead atoms. The molecule has 94 valence electrons. The number of pyridine rings is 1. The van der Waals surface area contributed by atoms with Crippen LogP contribution in [0.3, 0.4) is 0 Å². The molecule has 2 aromatic heterocycles. The number of aryl methyl sites for hydroxylation is 1. The summed E-state index contributed by atoms with van der Waals surface area (Å²) >= 11 is 0. The fourth-order valence-corrected chi connectivity index (χ4v) is 1.43. The molecule has 0 aliphatic rings. The summed E-state index contributed by atoms with van der Waals surface area (Å²) in [5.74, 6) is -1.31. The number of rotatable bonds is 1. The third-order valence-corrected chi connectivity index (χ3v) is 2.18. The van der Waals surface area contributed by atoms with E-state index < -0.39 is 17.6 Å². The minimum absolute atomic E-state index is 0.0534. The predicted octanol–water partition coefficient (Wildman–Crippen LogP) is 2.16. The molecule has 0 unspecified atom stereocenters. The van der Waals surface area contributed by atoms with Gasteiger partial charge >= 0.3 is 6.18 Å². The van der Waals surface area contributed by atoms with Gasteiger partial charge in [-0.2, -0.15) is 13.2 Å². The Labute approximate surface area is 99.5 Å². The first-order valence-electron chi connectivity index (χ1n) is 4.97. The highest BCUT2D eigenvalue weighted by Gasteiger charge is 2.34. The molecule has 0 amide bonds. The van der Waals surface area contributed by atoms with Gasteiger partial charge in [0.05, 0.1) is 5.69 Å². The van der Waals surface area contributed by atoms with E-state index in [-0.39, 0.29) is 5.69 Å². The van der Waals surface area contributed by atoms with E-state index >= 15 is 0 Å². The van der Waals surface area contributed by atoms with Crippen LogP contribution in [-0.4, -0.2) is 15.0 Å². The Morgan fingerprint density at radius 2 is 1.94 bits per heavy atom. The van der Waals surface area contributed by atoms with Crippen molar-refractivity contribution in [3.8, 4) is 11.3 Å². The first-order chi connectivity index (χ1) is 8.36. The van der Waals surface area contributed by atoms with E-state index in [0.717, 1.165) is 11.6 Å². The number of halogens is 3. The van der Waals surface area contributed by atoms with Crippen LogP contribution in [0, 0.1) is 6.92 Å². The van der Waals surface area contributed by atoms with Gasteiger partial charge in [-0.25, -0.2) is 4.98 Å². The Balaban J connectivity index is 2.59. The SMILES string of the molecule is Cc1cncc(-c2cc(=O)[nH]c(C(F)(F)F)n2)c1. The zero-order valence-corrected chi connectivity index (χ0v) is 9.25. The first-order valence-corrected chi connectivity index (χ1v) is 4.97. The van der Waals surface area contributed by atoms with Crippen molar-refractivity contribution in [1.82, 2.24) is 15.0 Å². The van der Waals surface area contributed by atoms with Crippen molar-refractivity contribution in [2.75, 3.05) is 0 Å². The lowest BCUT2D eigenvalue weighted by Crippen LogP contribution is -2.18. The maximum Gasteiger partial charge on any atom is 0.449 e. The van der Waals surface area contributed by atoms with Crippen LogP contribution in [0.4, 0.5) is 13.2 Å². The summed E-state index contributed by atoms with van der Waals surface area (Å²) < 4.78 is 37.5. The maximum atomic E-state index is 12.5. The fraction of sp³-hybridized carbons (Fsp3) is 0.182. The minimum atomic E-state index is -4.69. The molecule has 0 aromatic carbocycles. The summed E-state index contributed by atoms with van der Waals surface area (Å²) in [7, 11) is 0. The molecule has 0 spiro atoms. The molecule has 2 aromatic rings. The van der Waals surface area contributed by atoms with Gasteiger partial charge in [0.2, 0.25) is 5.82 Å². The Kier molecular flexibility index (Phi) is 2.90. The van der Waals surface area contributed by atoms with Crippen LogP contribution in [0.25, 0.3) is 11.3 Å². The lowest BCUT2D eigenvalue weighted by Gasteiger charge is -2.07. The zero-order valence-electron chi connectivity index (χ0n) is 9.25. The van der Waals surface area contributed by atoms with Crippen molar-refractivity contribution in [3.05, 3.63) is 46.3 Å². The summed E-state index contributed by atoms with van der Waals surface area (Å²) in [6.07, 6.45) is -1.78. The van der Waals surface area contributed by atoms with E-state index in [4.69, 9.17) is 0 Å². The van der Waals surface area contributed by atoms with Crippen molar-refractivity contribution in [1.29, 1.82) is 0 Å². The van der Waals surface area contributed by atoms with Crippen molar-refractivity contribution >= 4 is 0 Å². The van der Waals surface area contributed by atoms with E-state index in [1.165, 1.54) is 6.20 Å². The van der Waals surface area contributed by atoms with Crippen molar-refractivity contribution in [2.45, 2.75) is 13.1 Å². The molecule has 0 fully saturated rings. The van der Waals surface area contributed by atoms with Crippen LogP contribution in [0.15, 0.2) is 29.3 Å². The van der Waals surface area contributed by atoms with Gasteiger partial charge < -0.3 is 4.98 Å². The zero-order chi connectivity index (χ0) is 13.3. The molecule has 0 aliphatic carbocycles. The monoisotopic (exact) mass is 255 g/mol. The maximum absolute atomic E-state index is 12.5. The molecule has 1 N–H and O–H groups in total. The van der Waals surface area contributed by atoms with Crippen LogP contribution in [0.2, 0.25) is 0 Å². The highest BCUT2D eigenvalue weighted by molar-refractivity contribution is 5.58. The van der Waals surface area contributed by atoms with Crippen molar-refractivity contribution in [2.24, 2.45) is 0 Å². The topological polar surface area (TPSA) is 58.6 Å². The predicted molar refractivity (Wildman–Crippen MR) is 57.8 cm³/mol. The van der Waals surface area contributed by atoms with Crippen LogP contribution >= 0.6 is 0 Å². The molecule has 0 atom stereocenters. The quantitative estimate of drug-likeness (QED) is 0.849. The van der Waals surface area contributed by atoms with Gasteiger partial charge in [0.15, 0.2) is 0 Å². The number of hydrogen-bond donors (Lipinski definition) is 1. The lowest BCUT2D eigenvalue weighted by molar-refractivity contribution is -0.145. The number of H-pyrrole nitrogens is 1. The lowest BCUT2D eigenvalue weighted by atomic mass is 10.1. The number of aromatic amines is 1. The highest BCUT2D eigenvalue weighted by Crippen LogP contribution is 2.26. The third-order valence-electron chi connectivity index (χ3n) is 2.18. The Bertz CT molecular complexity index is 634.